The fraction of sp³-hybridized carbons (Fsp3) is 0.500. The van der Waals surface area contributed by atoms with Crippen LogP contribution in [0.1, 0.15) is 37.6 Å². The molecule has 2 N–H and O–H groups in total. The van der Waals surface area contributed by atoms with E-state index in [0.29, 0.717) is 0 Å². The molecule has 0 saturated heterocycles. The molecule has 8 heteroatoms. The van der Waals surface area contributed by atoms with Crippen molar-refractivity contribution in [3.8, 4) is 0 Å². The Hall–Kier alpha value is -1.93. The molecule has 1 rings (SSSR count). The molecule has 1 aromatic carbocycles. The van der Waals surface area contributed by atoms with Crippen molar-refractivity contribution in [2.45, 2.75) is 43.7 Å². The van der Waals surface area contributed by atoms with Crippen LogP contribution in [0.5, 0.6) is 0 Å². The largest absolute Gasteiger partial charge is 0.480 e. The lowest BCUT2D eigenvalue weighted by Crippen LogP contribution is -2.42. The minimum absolute atomic E-state index is 0.00177. The monoisotopic (exact) mass is 357 g/mol. The highest BCUT2D eigenvalue weighted by Gasteiger charge is 2.22. The first kappa shape index (κ1) is 20.1. The molecule has 0 aliphatic heterocycles. The molecule has 7 nitrogen and oxygen atoms in total. The summed E-state index contributed by atoms with van der Waals surface area (Å²) >= 11 is 0. The Bertz CT molecular complexity index is 706. The zero-order chi connectivity index (χ0) is 18.5. The zero-order valence-electron chi connectivity index (χ0n) is 14.2. The van der Waals surface area contributed by atoms with Gasteiger partial charge in [0.05, 0.1) is 10.5 Å². The van der Waals surface area contributed by atoms with Crippen molar-refractivity contribution >= 4 is 21.7 Å². The van der Waals surface area contributed by atoms with Gasteiger partial charge in [-0.15, -0.1) is 0 Å². The minimum Gasteiger partial charge on any atom is -0.480 e. The smallest absolute Gasteiger partial charge is 0.326 e. The van der Waals surface area contributed by atoms with Crippen LogP contribution in [0, 0.1) is 0 Å². The number of sulfone groups is 1. The van der Waals surface area contributed by atoms with Crippen LogP contribution in [-0.2, 0) is 19.4 Å². The minimum atomic E-state index is -3.45. The van der Waals surface area contributed by atoms with Crippen molar-refractivity contribution in [3.63, 3.8) is 0 Å². The van der Waals surface area contributed by atoms with E-state index >= 15 is 0 Å². The third-order valence-electron chi connectivity index (χ3n) is 3.07. The van der Waals surface area contributed by atoms with Gasteiger partial charge in [0.2, 0.25) is 0 Å². The van der Waals surface area contributed by atoms with E-state index < -0.39 is 33.4 Å². The number of carbonyl (C=O) groups excluding carboxylic acids is 1. The molecule has 0 bridgehead atoms. The predicted octanol–water partition coefficient (Wildman–Crippen LogP) is 1.48. The van der Waals surface area contributed by atoms with Gasteiger partial charge in [-0.3, -0.25) is 4.79 Å². The number of nitrogens with one attached hydrogen (secondary N) is 1. The molecule has 0 spiro atoms. The first-order valence-electron chi connectivity index (χ1n) is 7.38. The Kier molecular flexibility index (Phi) is 6.50. The molecule has 24 heavy (non-hydrogen) atoms. The Balaban J connectivity index is 2.81. The van der Waals surface area contributed by atoms with Crippen LogP contribution in [0.4, 0.5) is 0 Å². The number of hydrogen-bond donors (Lipinski definition) is 2. The third-order valence-corrected chi connectivity index (χ3v) is 4.18. The van der Waals surface area contributed by atoms with Gasteiger partial charge in [-0.2, -0.15) is 0 Å². The zero-order valence-corrected chi connectivity index (χ0v) is 15.0. The van der Waals surface area contributed by atoms with E-state index in [1.807, 2.05) is 20.8 Å². The summed E-state index contributed by atoms with van der Waals surface area (Å²) in [5.41, 5.74) is -0.322. The van der Waals surface area contributed by atoms with Gasteiger partial charge in [-0.25, -0.2) is 13.2 Å². The maximum Gasteiger partial charge on any atom is 0.326 e. The summed E-state index contributed by atoms with van der Waals surface area (Å²) in [6, 6.07) is 4.33. The maximum atomic E-state index is 12.2. The van der Waals surface area contributed by atoms with Crippen molar-refractivity contribution in [3.05, 3.63) is 29.8 Å². The summed E-state index contributed by atoms with van der Waals surface area (Å²) in [4.78, 5) is 23.5. The fourth-order valence-electron chi connectivity index (χ4n) is 1.85. The normalized spacial score (nSPS) is 13.3. The van der Waals surface area contributed by atoms with E-state index in [1.165, 1.54) is 24.3 Å². The number of carboxylic acid groups (broad SMARTS) is 1. The highest BCUT2D eigenvalue weighted by Crippen LogP contribution is 2.12. The second-order valence-corrected chi connectivity index (χ2v) is 8.43. The Morgan fingerprint density at radius 1 is 1.29 bits per heavy atom. The Morgan fingerprint density at radius 3 is 2.42 bits per heavy atom. The lowest BCUT2D eigenvalue weighted by molar-refractivity contribution is -0.140. The van der Waals surface area contributed by atoms with Gasteiger partial charge >= 0.3 is 5.97 Å². The molecule has 0 heterocycles. The van der Waals surface area contributed by atoms with Gasteiger partial charge in [-0.1, -0.05) is 6.07 Å². The first-order chi connectivity index (χ1) is 10.9. The van der Waals surface area contributed by atoms with Crippen LogP contribution < -0.4 is 5.32 Å². The molecule has 1 aromatic rings. The van der Waals surface area contributed by atoms with Gasteiger partial charge in [0.1, 0.15) is 6.04 Å². The number of carbonyl (C=O) groups is 2. The van der Waals surface area contributed by atoms with E-state index in [-0.39, 0.29) is 23.5 Å². The molecule has 1 atom stereocenters. The van der Waals surface area contributed by atoms with Crippen molar-refractivity contribution in [2.75, 3.05) is 12.9 Å². The van der Waals surface area contributed by atoms with Gasteiger partial charge < -0.3 is 15.2 Å². The summed E-state index contributed by atoms with van der Waals surface area (Å²) in [6.45, 7) is 5.71. The molecular formula is C16H23NO6S. The number of aliphatic carboxylic acids is 1. The Morgan fingerprint density at radius 2 is 1.92 bits per heavy atom. The molecule has 0 aliphatic carbocycles. The number of ether oxygens (including phenoxy) is 1. The lowest BCUT2D eigenvalue weighted by Gasteiger charge is -2.21. The van der Waals surface area contributed by atoms with Crippen LogP contribution in [0.2, 0.25) is 0 Å². The second-order valence-electron chi connectivity index (χ2n) is 6.41. The van der Waals surface area contributed by atoms with E-state index in [2.05, 4.69) is 5.32 Å². The van der Waals surface area contributed by atoms with Crippen LogP contribution in [0.3, 0.4) is 0 Å². The molecule has 0 fully saturated rings. The van der Waals surface area contributed by atoms with Crippen LogP contribution in [0.15, 0.2) is 29.2 Å². The summed E-state index contributed by atoms with van der Waals surface area (Å²) in [7, 11) is -3.45. The summed E-state index contributed by atoms with van der Waals surface area (Å²) < 4.78 is 28.5. The van der Waals surface area contributed by atoms with Gasteiger partial charge in [-0.05, 0) is 39.0 Å². The molecule has 1 amide bonds. The predicted molar refractivity (Wildman–Crippen MR) is 88.8 cm³/mol. The molecule has 1 unspecified atom stereocenters. The average Bonchev–Trinajstić information content (AvgIpc) is 2.44. The van der Waals surface area contributed by atoms with Crippen LogP contribution in [-0.4, -0.2) is 49.9 Å². The summed E-state index contributed by atoms with van der Waals surface area (Å²) in [5, 5.41) is 11.6. The quantitative estimate of drug-likeness (QED) is 0.765. The molecule has 0 saturated carbocycles. The Labute approximate surface area is 141 Å². The van der Waals surface area contributed by atoms with E-state index in [0.717, 1.165) is 6.26 Å². The summed E-state index contributed by atoms with van der Waals surface area (Å²) in [5.74, 6) is -1.83. The number of carboxylic acids is 1. The molecular weight excluding hydrogens is 334 g/mol. The standard InChI is InChI=1S/C16H23NO6S/c1-16(2,3)23-9-8-13(15(19)20)17-14(18)11-6-5-7-12(10-11)24(4,21)22/h5-7,10,13H,8-9H2,1-4H3,(H,17,18)(H,19,20). The molecule has 0 radical (unpaired) electrons. The van der Waals surface area contributed by atoms with Gasteiger partial charge in [0.15, 0.2) is 9.84 Å². The topological polar surface area (TPSA) is 110 Å². The average molecular weight is 357 g/mol. The van der Waals surface area contributed by atoms with Gasteiger partial charge in [0.25, 0.3) is 5.91 Å². The van der Waals surface area contributed by atoms with Crippen molar-refractivity contribution < 1.29 is 27.9 Å². The van der Waals surface area contributed by atoms with Crippen molar-refractivity contribution in [1.82, 2.24) is 5.32 Å². The third kappa shape index (κ3) is 6.67. The first-order valence-corrected chi connectivity index (χ1v) is 9.27. The lowest BCUT2D eigenvalue weighted by atomic mass is 10.1. The second kappa shape index (κ2) is 7.76. The molecule has 0 aromatic heterocycles. The number of hydrogen-bond acceptors (Lipinski definition) is 5. The van der Waals surface area contributed by atoms with Crippen LogP contribution in [0.25, 0.3) is 0 Å². The number of benzene rings is 1. The van der Waals surface area contributed by atoms with E-state index in [9.17, 15) is 23.1 Å². The van der Waals surface area contributed by atoms with Crippen molar-refractivity contribution in [2.24, 2.45) is 0 Å². The fourth-order valence-corrected chi connectivity index (χ4v) is 2.52. The highest BCUT2D eigenvalue weighted by molar-refractivity contribution is 7.90. The highest BCUT2D eigenvalue weighted by atomic mass is 32.2. The van der Waals surface area contributed by atoms with Gasteiger partial charge in [0, 0.05) is 24.8 Å². The summed E-state index contributed by atoms with van der Waals surface area (Å²) in [6.07, 6.45) is 1.14. The SMILES string of the molecule is CC(C)(C)OCCC(NC(=O)c1cccc(S(C)(=O)=O)c1)C(=O)O. The maximum absolute atomic E-state index is 12.2. The number of amides is 1. The molecule has 134 valence electrons. The van der Waals surface area contributed by atoms with E-state index in [1.54, 1.807) is 0 Å². The van der Waals surface area contributed by atoms with Crippen LogP contribution >= 0.6 is 0 Å². The molecule has 0 aliphatic rings. The van der Waals surface area contributed by atoms with Crippen molar-refractivity contribution in [1.29, 1.82) is 0 Å². The number of rotatable bonds is 7. The van der Waals surface area contributed by atoms with E-state index in [4.69, 9.17) is 4.74 Å².